The van der Waals surface area contributed by atoms with Gasteiger partial charge in [0.05, 0.1) is 37.1 Å². The van der Waals surface area contributed by atoms with Crippen LogP contribution in [0.5, 0.6) is 6.01 Å². The zero-order chi connectivity index (χ0) is 35.3. The Kier molecular flexibility index (Phi) is 12.5. The number of morpholine rings is 1. The number of hydrogen-bond acceptors (Lipinski definition) is 10. The van der Waals surface area contributed by atoms with Crippen molar-refractivity contribution in [3.63, 3.8) is 0 Å². The molecule has 1 aromatic carbocycles. The van der Waals surface area contributed by atoms with Crippen molar-refractivity contribution in [1.29, 1.82) is 0 Å². The van der Waals surface area contributed by atoms with Crippen LogP contribution in [-0.4, -0.2) is 108 Å². The molecule has 2 unspecified atom stereocenters. The Morgan fingerprint density at radius 1 is 1.08 bits per heavy atom. The fourth-order valence-electron chi connectivity index (χ4n) is 7.24. The van der Waals surface area contributed by atoms with Crippen LogP contribution in [0.25, 0.3) is 22.4 Å². The maximum Gasteiger partial charge on any atom is 0.410 e. The monoisotopic (exact) mass is 730 g/mol. The predicted molar refractivity (Wildman–Crippen MR) is 195 cm³/mol. The van der Waals surface area contributed by atoms with E-state index in [1.165, 1.54) is 5.56 Å². The lowest BCUT2D eigenvalue weighted by Crippen LogP contribution is -2.42. The van der Waals surface area contributed by atoms with Crippen molar-refractivity contribution >= 4 is 40.6 Å². The number of pyridine rings is 1. The Hall–Kier alpha value is -2.61. The van der Waals surface area contributed by atoms with Crippen molar-refractivity contribution < 1.29 is 33.2 Å². The van der Waals surface area contributed by atoms with E-state index in [2.05, 4.69) is 45.0 Å². The minimum absolute atomic E-state index is 0.0319. The maximum absolute atomic E-state index is 12.5. The fourth-order valence-corrected chi connectivity index (χ4v) is 7.50. The van der Waals surface area contributed by atoms with Crippen molar-refractivity contribution in [2.45, 2.75) is 89.4 Å². The molecule has 4 fully saturated rings. The second kappa shape index (κ2) is 16.8. The number of amides is 1. The van der Waals surface area contributed by atoms with Gasteiger partial charge in [-0.3, -0.25) is 4.57 Å². The van der Waals surface area contributed by atoms with Gasteiger partial charge >= 0.3 is 12.1 Å². The van der Waals surface area contributed by atoms with Crippen molar-refractivity contribution in [1.82, 2.24) is 19.4 Å². The molecule has 5 heterocycles. The van der Waals surface area contributed by atoms with E-state index in [9.17, 15) is 4.79 Å². The van der Waals surface area contributed by atoms with Crippen LogP contribution >= 0.6 is 23.4 Å². The highest BCUT2D eigenvalue weighted by molar-refractivity contribution is 7.97. The first kappa shape index (κ1) is 37.2. The van der Waals surface area contributed by atoms with Crippen molar-refractivity contribution in [2.75, 3.05) is 58.6 Å². The number of hydrogen-bond donors (Lipinski definition) is 0. The van der Waals surface area contributed by atoms with Crippen LogP contribution in [0.3, 0.4) is 0 Å². The minimum atomic E-state index is -0.379. The molecule has 0 spiro atoms. The van der Waals surface area contributed by atoms with Crippen molar-refractivity contribution in [3.8, 4) is 17.3 Å². The van der Waals surface area contributed by atoms with Crippen LogP contribution in [0, 0.1) is 5.92 Å². The summed E-state index contributed by atoms with van der Waals surface area (Å²) in [6, 6.07) is 10.8. The van der Waals surface area contributed by atoms with E-state index in [1.54, 1.807) is 16.7 Å². The number of rotatable bonds is 9. The number of fused-ring (bicyclic) bond motifs is 2. The molecule has 0 bridgehead atoms. The molecule has 3 aliphatic heterocycles. The lowest BCUT2D eigenvalue weighted by atomic mass is 9.82. The summed E-state index contributed by atoms with van der Waals surface area (Å²) in [5, 5.41) is 0.517. The molecule has 3 saturated heterocycles. The summed E-state index contributed by atoms with van der Waals surface area (Å²) in [4.78, 5) is 24.1. The molecule has 0 radical (unpaired) electrons. The fraction of sp³-hybridized carbons (Fsp3) is 0.649. The summed E-state index contributed by atoms with van der Waals surface area (Å²) in [6.07, 6.45) is 7.93. The van der Waals surface area contributed by atoms with Crippen LogP contribution < -0.4 is 4.74 Å². The average Bonchev–Trinajstić information content (AvgIpc) is 3.74. The van der Waals surface area contributed by atoms with Crippen molar-refractivity contribution in [3.05, 3.63) is 40.9 Å². The average molecular weight is 731 g/mol. The molecule has 1 aliphatic carbocycles. The molecule has 4 aliphatic rings. The highest BCUT2D eigenvalue weighted by Gasteiger charge is 2.56. The van der Waals surface area contributed by atoms with Gasteiger partial charge in [-0.15, -0.1) is 0 Å². The molecular formula is C37H51ClN4O7S. The van der Waals surface area contributed by atoms with Gasteiger partial charge in [-0.2, -0.15) is 16.7 Å². The van der Waals surface area contributed by atoms with Crippen LogP contribution in [0.1, 0.15) is 64.4 Å². The summed E-state index contributed by atoms with van der Waals surface area (Å²) in [5.41, 5.74) is 3.78. The number of aromatic nitrogens is 3. The van der Waals surface area contributed by atoms with Gasteiger partial charge in [-0.25, -0.2) is 9.78 Å². The Morgan fingerprint density at radius 2 is 1.80 bits per heavy atom. The second-order valence-electron chi connectivity index (χ2n) is 13.8. The van der Waals surface area contributed by atoms with Gasteiger partial charge in [0.25, 0.3) is 0 Å². The number of carbonyl (C=O) groups excluding carboxylic acids is 1. The van der Waals surface area contributed by atoms with Gasteiger partial charge in [0, 0.05) is 31.2 Å². The van der Waals surface area contributed by atoms with Gasteiger partial charge in [0.2, 0.25) is 0 Å². The molecule has 11 nitrogen and oxygen atoms in total. The van der Waals surface area contributed by atoms with Crippen LogP contribution in [0.2, 0.25) is 5.02 Å². The van der Waals surface area contributed by atoms with Gasteiger partial charge in [0.15, 0.2) is 11.8 Å². The van der Waals surface area contributed by atoms with Gasteiger partial charge < -0.3 is 33.3 Å². The van der Waals surface area contributed by atoms with E-state index in [0.717, 1.165) is 37.7 Å². The zero-order valence-electron chi connectivity index (χ0n) is 29.9. The number of ether oxygens (including phenoxy) is 6. The molecule has 0 N–H and O–H groups in total. The quantitative estimate of drug-likeness (QED) is 0.210. The van der Waals surface area contributed by atoms with Gasteiger partial charge in [-0.1, -0.05) is 49.7 Å². The number of halogens is 1. The molecule has 3 aromatic rings. The van der Waals surface area contributed by atoms with E-state index in [4.69, 9.17) is 50.0 Å². The zero-order valence-corrected chi connectivity index (χ0v) is 31.5. The number of carbonyl (C=O) groups is 1. The first-order valence-corrected chi connectivity index (χ1v) is 19.9. The lowest BCUT2D eigenvalue weighted by Gasteiger charge is -2.32. The standard InChI is InChI=1S/C35H45ClN4O7.C2H6S/c1-4-15-43-21-40-32-28(37-33(40)47-29-20-45-35(3)22(2)19-44-31(29)35)18-27(36)30(38-32)25-7-5-23(6-8-25)24-9-11-26(12-10-24)46-34(41)39-13-16-42-17-14-39;1-3-2/h5-8,18,22,24,26,29,31H,4,9-17,19-21H2,1-3H3;1-2H3/t22?,24?,26?,29?,31-,35-;/m1./s1. The normalized spacial score (nSPS) is 27.9. The number of thioether (sulfide) groups is 1. The third-order valence-corrected chi connectivity index (χ3v) is 10.6. The van der Waals surface area contributed by atoms with Crippen LogP contribution in [0.15, 0.2) is 30.3 Å². The van der Waals surface area contributed by atoms with Gasteiger partial charge in [-0.05, 0) is 69.1 Å². The number of benzene rings is 1. The molecule has 1 amide bonds. The van der Waals surface area contributed by atoms with Crippen LogP contribution in [0.4, 0.5) is 4.79 Å². The summed E-state index contributed by atoms with van der Waals surface area (Å²) >= 11 is 8.58. The Labute approximate surface area is 304 Å². The Morgan fingerprint density at radius 3 is 2.50 bits per heavy atom. The largest absolute Gasteiger partial charge is 0.456 e. The molecule has 4 atom stereocenters. The third kappa shape index (κ3) is 8.05. The molecule has 50 heavy (non-hydrogen) atoms. The highest BCUT2D eigenvalue weighted by atomic mass is 35.5. The summed E-state index contributed by atoms with van der Waals surface area (Å²) in [7, 11) is 0. The molecule has 1 saturated carbocycles. The first-order valence-electron chi connectivity index (χ1n) is 17.9. The lowest BCUT2D eigenvalue weighted by molar-refractivity contribution is -0.0262. The van der Waals surface area contributed by atoms with Gasteiger partial charge in [0.1, 0.15) is 30.1 Å². The van der Waals surface area contributed by atoms with Crippen LogP contribution in [-0.2, 0) is 30.4 Å². The summed E-state index contributed by atoms with van der Waals surface area (Å²) in [6.45, 7) is 10.6. The highest BCUT2D eigenvalue weighted by Crippen LogP contribution is 2.43. The minimum Gasteiger partial charge on any atom is -0.456 e. The predicted octanol–water partition coefficient (Wildman–Crippen LogP) is 7.18. The van der Waals surface area contributed by atoms with E-state index >= 15 is 0 Å². The van der Waals surface area contributed by atoms with Crippen molar-refractivity contribution in [2.24, 2.45) is 5.92 Å². The maximum atomic E-state index is 12.5. The summed E-state index contributed by atoms with van der Waals surface area (Å²) in [5.74, 6) is 0.695. The van der Waals surface area contributed by atoms with E-state index in [-0.39, 0.29) is 42.7 Å². The van der Waals surface area contributed by atoms with E-state index in [1.807, 2.05) is 23.1 Å². The third-order valence-electron chi connectivity index (χ3n) is 10.3. The SMILES string of the molecule is CCCOCn1c(OC2CO[C@]3(C)C(C)CO[C@H]23)nc2cc(Cl)c(-c3ccc(C4CCC(OC(=O)N5CCOCC5)CC4)cc3)nc21.CSC. The van der Waals surface area contributed by atoms with E-state index in [0.29, 0.717) is 79.9 Å². The molecule has 13 heteroatoms. The second-order valence-corrected chi connectivity index (χ2v) is 15.0. The first-order chi connectivity index (χ1) is 24.2. The number of imidazole rings is 1. The number of nitrogens with zero attached hydrogens (tertiary/aromatic N) is 4. The molecule has 7 rings (SSSR count). The van der Waals surface area contributed by atoms with E-state index < -0.39 is 0 Å². The molecule has 274 valence electrons. The Balaban J connectivity index is 0.00000139. The molecule has 2 aromatic heterocycles. The topological polar surface area (TPSA) is 106 Å². The Bertz CT molecular complexity index is 1580. The smallest absolute Gasteiger partial charge is 0.410 e. The summed E-state index contributed by atoms with van der Waals surface area (Å²) < 4.78 is 37.8. The molecular weight excluding hydrogens is 680 g/mol.